The average molecular weight is 920 g/mol. The first-order valence-electron chi connectivity index (χ1n) is 28.4. The predicted octanol–water partition coefficient (Wildman–Crippen LogP) is 20.0. The van der Waals surface area contributed by atoms with E-state index >= 15 is 0 Å². The fourth-order valence-corrected chi connectivity index (χ4v) is 16.1. The Morgan fingerprint density at radius 2 is 0.532 bits per heavy atom. The van der Waals surface area contributed by atoms with Crippen LogP contribution in [0.15, 0.2) is 0 Å². The molecule has 0 amide bonds. The van der Waals surface area contributed by atoms with Crippen LogP contribution in [0.3, 0.4) is 0 Å². The second-order valence-corrected chi connectivity index (χ2v) is 28.3. The van der Waals surface area contributed by atoms with Crippen LogP contribution in [0.25, 0.3) is 0 Å². The molecule has 0 radical (unpaired) electrons. The molecule has 0 saturated carbocycles. The summed E-state index contributed by atoms with van der Waals surface area (Å²) in [7, 11) is -5.85. The van der Waals surface area contributed by atoms with Gasteiger partial charge in [0.2, 0.25) is 0 Å². The zero-order valence-electron chi connectivity index (χ0n) is 44.3. The monoisotopic (exact) mass is 919 g/mol. The average Bonchev–Trinajstić information content (AvgIpc) is 3.20. The minimum Gasteiger partial charge on any atom is -0.303 e. The molecule has 0 aromatic rings. The van der Waals surface area contributed by atoms with Gasteiger partial charge in [0.15, 0.2) is 0 Å². The Bertz CT molecular complexity index is 865. The number of hydrogen-bond acceptors (Lipinski definition) is 1. The van der Waals surface area contributed by atoms with Crippen LogP contribution in [-0.2, 0) is 4.57 Å². The van der Waals surface area contributed by atoms with Crippen molar-refractivity contribution in [1.29, 1.82) is 0 Å². The third-order valence-corrected chi connectivity index (χ3v) is 20.2. The van der Waals surface area contributed by atoms with Gasteiger partial charge in [-0.3, -0.25) is 0 Å². The predicted molar refractivity (Wildman–Crippen MR) is 286 cm³/mol. The van der Waals surface area contributed by atoms with Gasteiger partial charge in [-0.15, -0.1) is 0 Å². The Morgan fingerprint density at radius 1 is 0.339 bits per heavy atom. The van der Waals surface area contributed by atoms with Crippen molar-refractivity contribution in [3.63, 3.8) is 0 Å². The van der Waals surface area contributed by atoms with Gasteiger partial charge < -0.3 is 14.7 Å². The van der Waals surface area contributed by atoms with Gasteiger partial charge in [-0.25, -0.2) is 4.57 Å². The summed E-state index contributed by atoms with van der Waals surface area (Å²) in [6.45, 7) is 21.7. The molecule has 0 bridgehead atoms. The van der Waals surface area contributed by atoms with Crippen molar-refractivity contribution in [3.05, 3.63) is 0 Å². The molecule has 0 fully saturated rings. The van der Waals surface area contributed by atoms with E-state index in [1.807, 2.05) is 0 Å². The summed E-state index contributed by atoms with van der Waals surface area (Å²) in [6.07, 6.45) is 64.7. The Labute approximate surface area is 393 Å². The van der Waals surface area contributed by atoms with Crippen LogP contribution in [0, 0.1) is 23.2 Å². The van der Waals surface area contributed by atoms with Crippen molar-refractivity contribution in [2.45, 2.75) is 313 Å². The summed E-state index contributed by atoms with van der Waals surface area (Å²) >= 11 is 0. The quantitative estimate of drug-likeness (QED) is 0.0420. The number of rotatable bonds is 47. The van der Waals surface area contributed by atoms with Gasteiger partial charge in [0.25, 0.3) is 0 Å². The van der Waals surface area contributed by atoms with Crippen LogP contribution in [0.2, 0.25) is 0 Å². The maximum absolute atomic E-state index is 8.88. The fraction of sp³-hybridized carbons (Fsp3) is 1.00. The third-order valence-electron chi connectivity index (χ3n) is 14.6. The summed E-state index contributed by atoms with van der Waals surface area (Å²) in [5, 5.41) is 0. The zero-order chi connectivity index (χ0) is 46.6. The van der Waals surface area contributed by atoms with E-state index < -0.39 is 15.1 Å². The molecule has 0 aliphatic heterocycles. The molecule has 62 heavy (non-hydrogen) atoms. The minimum atomic E-state index is -4.64. The molecule has 0 aromatic carbocycles. The van der Waals surface area contributed by atoms with E-state index in [-0.39, 0.29) is 0 Å². The third kappa shape index (κ3) is 48.5. The van der Waals surface area contributed by atoms with Gasteiger partial charge in [-0.2, -0.15) is 0 Å². The zero-order valence-corrected chi connectivity index (χ0v) is 46.2. The van der Waals surface area contributed by atoms with Gasteiger partial charge in [0, 0.05) is 0 Å². The second-order valence-electron chi connectivity index (χ2n) is 22.3. The molecule has 0 aliphatic rings. The first-order chi connectivity index (χ1) is 29.6. The van der Waals surface area contributed by atoms with Crippen LogP contribution in [-0.4, -0.2) is 39.3 Å². The Kier molecular flexibility index (Phi) is 47.2. The van der Waals surface area contributed by atoms with Crippen LogP contribution in [0.1, 0.15) is 313 Å². The van der Waals surface area contributed by atoms with E-state index in [1.165, 1.54) is 218 Å². The van der Waals surface area contributed by atoms with Crippen LogP contribution < -0.4 is 0 Å². The molecule has 378 valence electrons. The fourth-order valence-electron chi connectivity index (χ4n) is 10.6. The van der Waals surface area contributed by atoms with Crippen LogP contribution in [0.4, 0.5) is 0 Å². The molecule has 0 saturated heterocycles. The van der Waals surface area contributed by atoms with Gasteiger partial charge in [0.05, 0.1) is 0 Å². The van der Waals surface area contributed by atoms with Crippen molar-refractivity contribution in [1.82, 2.24) is 0 Å². The van der Waals surface area contributed by atoms with Crippen molar-refractivity contribution in [3.8, 4) is 0 Å². The molecular weight excluding hydrogens is 799 g/mol. The SMILES string of the molecule is CCCCCCCCCCCCCC[PH](CCCCCC)(CCCCCC)CCCCCC(CCCCCC(C)C)(CCCCCC(C)C)CCCCCC(C)C.O=P(O)(O)O. The van der Waals surface area contributed by atoms with Crippen molar-refractivity contribution >= 4 is 15.1 Å². The summed E-state index contributed by atoms with van der Waals surface area (Å²) in [6, 6.07) is 0. The molecule has 0 unspecified atom stereocenters. The second kappa shape index (κ2) is 45.3. The first kappa shape index (κ1) is 64.6. The molecular formula is C56H120O4P2. The topological polar surface area (TPSA) is 77.8 Å². The van der Waals surface area contributed by atoms with Crippen molar-refractivity contribution in [2.75, 3.05) is 24.6 Å². The van der Waals surface area contributed by atoms with E-state index in [0.717, 1.165) is 17.8 Å². The van der Waals surface area contributed by atoms with E-state index in [0.29, 0.717) is 5.41 Å². The van der Waals surface area contributed by atoms with Crippen LogP contribution >= 0.6 is 15.1 Å². The van der Waals surface area contributed by atoms with Gasteiger partial charge >= 0.3 is 321 Å². The van der Waals surface area contributed by atoms with E-state index in [2.05, 4.69) is 62.3 Å². The number of hydrogen-bond donors (Lipinski definition) is 3. The maximum atomic E-state index is 8.88. The molecule has 0 rings (SSSR count). The number of unbranched alkanes of at least 4 members (excludes halogenated alkanes) is 25. The molecule has 0 heterocycles. The van der Waals surface area contributed by atoms with Gasteiger partial charge in [-0.1, -0.05) is 54.9 Å². The smallest absolute Gasteiger partial charge is 0.303 e. The molecule has 3 N–H and O–H groups in total. The van der Waals surface area contributed by atoms with Crippen molar-refractivity contribution < 1.29 is 19.2 Å². The molecule has 0 atom stereocenters. The van der Waals surface area contributed by atoms with Crippen LogP contribution in [0.5, 0.6) is 0 Å². The molecule has 0 spiro atoms. The normalized spacial score (nSPS) is 12.8. The summed E-state index contributed by atoms with van der Waals surface area (Å²) in [5.74, 6) is 2.60. The van der Waals surface area contributed by atoms with Gasteiger partial charge in [-0.05, 0) is 0 Å². The van der Waals surface area contributed by atoms with Crippen molar-refractivity contribution in [2.24, 2.45) is 23.2 Å². The summed E-state index contributed by atoms with van der Waals surface area (Å²) < 4.78 is 8.88. The van der Waals surface area contributed by atoms with E-state index in [4.69, 9.17) is 19.2 Å². The first-order valence-corrected chi connectivity index (χ1v) is 32.8. The Balaban J connectivity index is 0. The minimum absolute atomic E-state index is 0.636. The molecule has 6 heteroatoms. The standard InChI is InChI=1S/C56H117P.H3O4P/c1-10-13-16-19-20-21-22-23-24-25-26-40-51-57(49-38-17-14-11-2,50-39-18-15-12-3)52-41-30-37-48-56(45-34-27-31-42-53(4)5,46-35-28-32-43-54(6)7)47-36-29-33-44-55(8)9;1-5(2,3)4/h53-55,57H,10-52H2,1-9H3;(H3,1,2,3,4). The summed E-state index contributed by atoms with van der Waals surface area (Å²) in [4.78, 5) is 21.6. The molecule has 0 aliphatic carbocycles. The van der Waals surface area contributed by atoms with E-state index in [9.17, 15) is 0 Å². The Morgan fingerprint density at radius 3 is 0.774 bits per heavy atom. The summed E-state index contributed by atoms with van der Waals surface area (Å²) in [5.41, 5.74) is 0.636. The number of phosphoric acid groups is 1. The van der Waals surface area contributed by atoms with E-state index in [1.54, 1.807) is 56.8 Å². The molecule has 0 aromatic heterocycles. The molecule has 4 nitrogen and oxygen atoms in total. The van der Waals surface area contributed by atoms with Gasteiger partial charge in [0.1, 0.15) is 0 Å². The Hall–Kier alpha value is 0.540.